The predicted octanol–water partition coefficient (Wildman–Crippen LogP) is 1.32. The average Bonchev–Trinajstić information content (AvgIpc) is 3.07. The van der Waals surface area contributed by atoms with Crippen LogP contribution in [-0.2, 0) is 16.0 Å². The Morgan fingerprint density at radius 2 is 2.30 bits per heavy atom. The number of aromatic carboxylic acids is 1. The second-order valence-electron chi connectivity index (χ2n) is 4.86. The topological polar surface area (TPSA) is 88.5 Å². The van der Waals surface area contributed by atoms with Crippen LogP contribution in [0, 0.1) is 5.41 Å². The number of hydrogen-bond acceptors (Lipinski definition) is 5. The standard InChI is InChI=1S/C13H18N2O4S/c1-2-19-8-13(4-5-13)12(18)14-6-3-10-15-9(7-20-10)11(16)17/h7H,2-6,8H2,1H3,(H,14,18)(H,16,17). The van der Waals surface area contributed by atoms with Crippen LogP contribution < -0.4 is 5.32 Å². The number of thiazole rings is 1. The van der Waals surface area contributed by atoms with Gasteiger partial charge in [0.25, 0.3) is 0 Å². The van der Waals surface area contributed by atoms with Gasteiger partial charge in [0.1, 0.15) is 0 Å². The molecular weight excluding hydrogens is 280 g/mol. The predicted molar refractivity (Wildman–Crippen MR) is 73.9 cm³/mol. The summed E-state index contributed by atoms with van der Waals surface area (Å²) < 4.78 is 5.34. The lowest BCUT2D eigenvalue weighted by atomic mass is 10.1. The maximum atomic E-state index is 12.0. The number of carboxylic acid groups (broad SMARTS) is 1. The second kappa shape index (κ2) is 6.32. The van der Waals surface area contributed by atoms with Gasteiger partial charge in [0, 0.05) is 25.0 Å². The molecule has 0 aliphatic heterocycles. The lowest BCUT2D eigenvalue weighted by Gasteiger charge is -2.14. The molecule has 0 unspecified atom stereocenters. The molecule has 1 heterocycles. The summed E-state index contributed by atoms with van der Waals surface area (Å²) in [5.74, 6) is -0.994. The molecule has 0 bridgehead atoms. The number of amides is 1. The van der Waals surface area contributed by atoms with Gasteiger partial charge in [-0.15, -0.1) is 11.3 Å². The van der Waals surface area contributed by atoms with Crippen LogP contribution in [0.2, 0.25) is 0 Å². The van der Waals surface area contributed by atoms with E-state index >= 15 is 0 Å². The van der Waals surface area contributed by atoms with Crippen molar-refractivity contribution in [3.8, 4) is 0 Å². The molecule has 1 amide bonds. The van der Waals surface area contributed by atoms with Gasteiger partial charge in [-0.25, -0.2) is 9.78 Å². The maximum absolute atomic E-state index is 12.0. The summed E-state index contributed by atoms with van der Waals surface area (Å²) in [5, 5.41) is 13.9. The van der Waals surface area contributed by atoms with Crippen LogP contribution >= 0.6 is 11.3 Å². The van der Waals surface area contributed by atoms with Crippen molar-refractivity contribution < 1.29 is 19.4 Å². The zero-order valence-corrected chi connectivity index (χ0v) is 12.2. The summed E-state index contributed by atoms with van der Waals surface area (Å²) in [4.78, 5) is 26.7. The largest absolute Gasteiger partial charge is 0.476 e. The molecule has 1 aromatic heterocycles. The van der Waals surface area contributed by atoms with Crippen LogP contribution in [0.15, 0.2) is 5.38 Å². The Hall–Kier alpha value is -1.47. The van der Waals surface area contributed by atoms with Crippen molar-refractivity contribution in [3.63, 3.8) is 0 Å². The summed E-state index contributed by atoms with van der Waals surface area (Å²) in [7, 11) is 0. The van der Waals surface area contributed by atoms with E-state index in [2.05, 4.69) is 10.3 Å². The van der Waals surface area contributed by atoms with Gasteiger partial charge in [-0.3, -0.25) is 4.79 Å². The molecule has 0 aromatic carbocycles. The molecule has 1 aliphatic rings. The Kier molecular flexibility index (Phi) is 4.72. The number of rotatable bonds is 8. The minimum Gasteiger partial charge on any atom is -0.476 e. The van der Waals surface area contributed by atoms with Gasteiger partial charge >= 0.3 is 5.97 Å². The number of nitrogens with one attached hydrogen (secondary N) is 1. The Balaban J connectivity index is 1.75. The zero-order valence-electron chi connectivity index (χ0n) is 11.3. The summed E-state index contributed by atoms with van der Waals surface area (Å²) in [5.41, 5.74) is -0.267. The van der Waals surface area contributed by atoms with Gasteiger partial charge in [0.05, 0.1) is 17.0 Å². The third-order valence-electron chi connectivity index (χ3n) is 3.31. The fourth-order valence-electron chi connectivity index (χ4n) is 1.88. The molecule has 0 spiro atoms. The second-order valence-corrected chi connectivity index (χ2v) is 5.80. The molecule has 7 heteroatoms. The summed E-state index contributed by atoms with van der Waals surface area (Å²) in [6, 6.07) is 0. The Morgan fingerprint density at radius 1 is 1.55 bits per heavy atom. The minimum atomic E-state index is -1.02. The van der Waals surface area contributed by atoms with Crippen molar-refractivity contribution in [1.29, 1.82) is 0 Å². The zero-order chi connectivity index (χ0) is 14.6. The molecule has 0 radical (unpaired) electrons. The molecule has 1 saturated carbocycles. The van der Waals surface area contributed by atoms with Crippen molar-refractivity contribution in [2.75, 3.05) is 19.8 Å². The third-order valence-corrected chi connectivity index (χ3v) is 4.22. The number of ether oxygens (including phenoxy) is 1. The number of carboxylic acids is 1. The van der Waals surface area contributed by atoms with Gasteiger partial charge < -0.3 is 15.2 Å². The molecule has 6 nitrogen and oxygen atoms in total. The molecule has 0 atom stereocenters. The third kappa shape index (κ3) is 3.55. The van der Waals surface area contributed by atoms with E-state index < -0.39 is 5.97 Å². The Labute approximate surface area is 121 Å². The first kappa shape index (κ1) is 14.9. The van der Waals surface area contributed by atoms with Crippen LogP contribution in [0.4, 0.5) is 0 Å². The summed E-state index contributed by atoms with van der Waals surface area (Å²) in [6.07, 6.45) is 2.30. The van der Waals surface area contributed by atoms with E-state index in [1.54, 1.807) is 0 Å². The van der Waals surface area contributed by atoms with Gasteiger partial charge in [-0.05, 0) is 19.8 Å². The summed E-state index contributed by atoms with van der Waals surface area (Å²) in [6.45, 7) is 3.48. The molecule has 20 heavy (non-hydrogen) atoms. The molecule has 1 aliphatic carbocycles. The van der Waals surface area contributed by atoms with Crippen molar-refractivity contribution in [2.24, 2.45) is 5.41 Å². The molecule has 2 N–H and O–H groups in total. The van der Waals surface area contributed by atoms with E-state index in [-0.39, 0.29) is 17.0 Å². The Bertz CT molecular complexity index is 496. The van der Waals surface area contributed by atoms with Crippen molar-refractivity contribution >= 4 is 23.2 Å². The van der Waals surface area contributed by atoms with Crippen LogP contribution in [0.5, 0.6) is 0 Å². The fourth-order valence-corrected chi connectivity index (χ4v) is 2.65. The summed E-state index contributed by atoms with van der Waals surface area (Å²) >= 11 is 1.30. The minimum absolute atomic E-state index is 0.0287. The van der Waals surface area contributed by atoms with E-state index in [1.165, 1.54) is 16.7 Å². The van der Waals surface area contributed by atoms with Crippen molar-refractivity contribution in [1.82, 2.24) is 10.3 Å². The van der Waals surface area contributed by atoms with Crippen LogP contribution in [0.3, 0.4) is 0 Å². The first-order valence-corrected chi connectivity index (χ1v) is 7.49. The lowest BCUT2D eigenvalue weighted by molar-refractivity contribution is -0.128. The quantitative estimate of drug-likeness (QED) is 0.755. The molecule has 0 saturated heterocycles. The highest BCUT2D eigenvalue weighted by atomic mass is 32.1. The fraction of sp³-hybridized carbons (Fsp3) is 0.615. The van der Waals surface area contributed by atoms with E-state index in [0.29, 0.717) is 26.2 Å². The van der Waals surface area contributed by atoms with Crippen molar-refractivity contribution in [3.05, 3.63) is 16.1 Å². The molecule has 1 fully saturated rings. The van der Waals surface area contributed by atoms with Crippen molar-refractivity contribution in [2.45, 2.75) is 26.2 Å². The van der Waals surface area contributed by atoms with Gasteiger partial charge in [-0.1, -0.05) is 0 Å². The van der Waals surface area contributed by atoms with E-state index in [9.17, 15) is 9.59 Å². The average molecular weight is 298 g/mol. The number of nitrogens with zero attached hydrogens (tertiary/aromatic N) is 1. The first-order chi connectivity index (χ1) is 9.57. The first-order valence-electron chi connectivity index (χ1n) is 6.61. The van der Waals surface area contributed by atoms with Gasteiger partial charge in [0.15, 0.2) is 5.69 Å². The van der Waals surface area contributed by atoms with Gasteiger partial charge in [-0.2, -0.15) is 0 Å². The Morgan fingerprint density at radius 3 is 2.85 bits per heavy atom. The van der Waals surface area contributed by atoms with Crippen LogP contribution in [0.25, 0.3) is 0 Å². The smallest absolute Gasteiger partial charge is 0.355 e. The molecule has 110 valence electrons. The maximum Gasteiger partial charge on any atom is 0.355 e. The van der Waals surface area contributed by atoms with Crippen LogP contribution in [0.1, 0.15) is 35.3 Å². The number of aromatic nitrogens is 1. The highest BCUT2D eigenvalue weighted by Gasteiger charge is 2.49. The van der Waals surface area contributed by atoms with Gasteiger partial charge in [0.2, 0.25) is 5.91 Å². The number of hydrogen-bond donors (Lipinski definition) is 2. The normalized spacial score (nSPS) is 15.8. The van der Waals surface area contributed by atoms with Crippen LogP contribution in [-0.4, -0.2) is 41.7 Å². The molecule has 1 aromatic rings. The monoisotopic (exact) mass is 298 g/mol. The SMILES string of the molecule is CCOCC1(C(=O)NCCc2nc(C(=O)O)cs2)CC1. The highest BCUT2D eigenvalue weighted by Crippen LogP contribution is 2.46. The highest BCUT2D eigenvalue weighted by molar-refractivity contribution is 7.09. The number of carbonyl (C=O) groups excluding carboxylic acids is 1. The lowest BCUT2D eigenvalue weighted by Crippen LogP contribution is -2.36. The van der Waals surface area contributed by atoms with E-state index in [0.717, 1.165) is 17.8 Å². The van der Waals surface area contributed by atoms with E-state index in [4.69, 9.17) is 9.84 Å². The number of carbonyl (C=O) groups is 2. The van der Waals surface area contributed by atoms with E-state index in [1.807, 2.05) is 6.92 Å². The molecule has 2 rings (SSSR count). The molecular formula is C13H18N2O4S.